The molecule has 0 spiro atoms. The summed E-state index contributed by atoms with van der Waals surface area (Å²) in [6.45, 7) is -0.126. The predicted octanol–water partition coefficient (Wildman–Crippen LogP) is 2.33. The van der Waals surface area contributed by atoms with Crippen LogP contribution < -0.4 is 11.2 Å². The van der Waals surface area contributed by atoms with Gasteiger partial charge < -0.3 is 10.2 Å². The summed E-state index contributed by atoms with van der Waals surface area (Å²) in [6, 6.07) is 20.3. The molecule has 3 aromatic carbocycles. The van der Waals surface area contributed by atoms with Crippen LogP contribution in [0.4, 0.5) is 0 Å². The van der Waals surface area contributed by atoms with E-state index in [1.807, 2.05) is 0 Å². The Balaban J connectivity index is 1.73. The number of carbonyl (C=O) groups excluding carboxylic acids is 1. The Labute approximate surface area is 183 Å². The fourth-order valence-electron chi connectivity index (χ4n) is 3.69. The second-order valence-corrected chi connectivity index (χ2v) is 7.54. The molecule has 0 saturated carbocycles. The molecule has 0 unspecified atom stereocenters. The summed E-state index contributed by atoms with van der Waals surface area (Å²) < 4.78 is 2.79. The van der Waals surface area contributed by atoms with Crippen molar-refractivity contribution in [2.75, 3.05) is 6.61 Å². The zero-order valence-electron chi connectivity index (χ0n) is 17.3. The predicted molar refractivity (Wildman–Crippen MR) is 121 cm³/mol. The first-order valence-corrected chi connectivity index (χ1v) is 10.2. The summed E-state index contributed by atoms with van der Waals surface area (Å²) in [7, 11) is 0. The zero-order chi connectivity index (χ0) is 22.7. The number of aryl methyl sites for hydroxylation is 1. The standard InChI is InChI=1S/C25H22N2O5/c28-16-23(30)19-9-5-18(6-10-19)15-27-22-4-2-1-3-21(22)24(31)26(25(27)32)14-13-17-7-11-20(29)12-8-17/h1-12,28-29H,13-16H2. The third-order valence-electron chi connectivity index (χ3n) is 5.45. The van der Waals surface area contributed by atoms with Crippen LogP contribution in [-0.4, -0.2) is 31.7 Å². The minimum atomic E-state index is -0.560. The van der Waals surface area contributed by atoms with Crippen molar-refractivity contribution in [2.45, 2.75) is 19.5 Å². The van der Waals surface area contributed by atoms with Crippen molar-refractivity contribution in [2.24, 2.45) is 0 Å². The van der Waals surface area contributed by atoms with Crippen LogP contribution >= 0.6 is 0 Å². The van der Waals surface area contributed by atoms with Gasteiger partial charge in [-0.15, -0.1) is 0 Å². The average Bonchev–Trinajstić information content (AvgIpc) is 2.82. The molecule has 0 atom stereocenters. The minimum Gasteiger partial charge on any atom is -0.508 e. The first kappa shape index (κ1) is 21.3. The molecular formula is C25H22N2O5. The number of aromatic nitrogens is 2. The van der Waals surface area contributed by atoms with Gasteiger partial charge in [0, 0.05) is 12.1 Å². The first-order valence-electron chi connectivity index (χ1n) is 10.2. The van der Waals surface area contributed by atoms with Crippen molar-refractivity contribution in [3.8, 4) is 5.75 Å². The van der Waals surface area contributed by atoms with E-state index in [2.05, 4.69) is 0 Å². The van der Waals surface area contributed by atoms with E-state index in [1.54, 1.807) is 77.4 Å². The second kappa shape index (κ2) is 9.03. The smallest absolute Gasteiger partial charge is 0.331 e. The zero-order valence-corrected chi connectivity index (χ0v) is 17.3. The number of fused-ring (bicyclic) bond motifs is 1. The Morgan fingerprint density at radius 3 is 2.16 bits per heavy atom. The number of hydrogen-bond donors (Lipinski definition) is 2. The maximum Gasteiger partial charge on any atom is 0.331 e. The van der Waals surface area contributed by atoms with Crippen LogP contribution in [0, 0.1) is 0 Å². The number of nitrogens with zero attached hydrogens (tertiary/aromatic N) is 2. The monoisotopic (exact) mass is 430 g/mol. The second-order valence-electron chi connectivity index (χ2n) is 7.54. The van der Waals surface area contributed by atoms with Gasteiger partial charge in [-0.2, -0.15) is 0 Å². The topological polar surface area (TPSA) is 102 Å². The molecule has 0 aliphatic carbocycles. The van der Waals surface area contributed by atoms with Crippen LogP contribution in [0.25, 0.3) is 10.9 Å². The van der Waals surface area contributed by atoms with E-state index in [0.717, 1.165) is 11.1 Å². The fraction of sp³-hybridized carbons (Fsp3) is 0.160. The van der Waals surface area contributed by atoms with Gasteiger partial charge in [0.25, 0.3) is 5.56 Å². The highest BCUT2D eigenvalue weighted by Crippen LogP contribution is 2.13. The summed E-state index contributed by atoms with van der Waals surface area (Å²) in [4.78, 5) is 38.0. The van der Waals surface area contributed by atoms with Crippen molar-refractivity contribution in [3.05, 3.63) is 110 Å². The molecule has 0 aliphatic heterocycles. The van der Waals surface area contributed by atoms with Crippen molar-refractivity contribution in [1.82, 2.24) is 9.13 Å². The van der Waals surface area contributed by atoms with Crippen LogP contribution in [-0.2, 0) is 19.5 Å². The average molecular weight is 430 g/mol. The summed E-state index contributed by atoms with van der Waals surface area (Å²) in [5, 5.41) is 18.9. The molecule has 7 heteroatoms. The van der Waals surface area contributed by atoms with Gasteiger partial charge in [-0.25, -0.2) is 4.79 Å². The number of ketones is 1. The molecule has 2 N–H and O–H groups in total. The van der Waals surface area contributed by atoms with Crippen molar-refractivity contribution in [1.29, 1.82) is 0 Å². The maximum atomic E-state index is 13.3. The molecule has 1 aromatic heterocycles. The van der Waals surface area contributed by atoms with Gasteiger partial charge >= 0.3 is 5.69 Å². The number of para-hydroxylation sites is 1. The molecule has 162 valence electrons. The number of aliphatic hydroxyl groups excluding tert-OH is 1. The number of Topliss-reactive ketones (excluding diaryl/α,β-unsaturated/α-hetero) is 1. The van der Waals surface area contributed by atoms with Crippen LogP contribution in [0.1, 0.15) is 21.5 Å². The number of aromatic hydroxyl groups is 1. The number of phenols is 1. The number of benzene rings is 3. The molecule has 0 bridgehead atoms. The first-order chi connectivity index (χ1) is 15.5. The van der Waals surface area contributed by atoms with E-state index in [1.165, 1.54) is 4.57 Å². The molecule has 32 heavy (non-hydrogen) atoms. The summed E-state index contributed by atoms with van der Waals surface area (Å²) in [5.74, 6) is -0.215. The van der Waals surface area contributed by atoms with Crippen LogP contribution in [0.3, 0.4) is 0 Å². The van der Waals surface area contributed by atoms with Crippen molar-refractivity contribution >= 4 is 16.7 Å². The molecular weight excluding hydrogens is 408 g/mol. The lowest BCUT2D eigenvalue weighted by molar-refractivity contribution is 0.0903. The van der Waals surface area contributed by atoms with E-state index in [0.29, 0.717) is 22.9 Å². The number of phenolic OH excluding ortho intramolecular Hbond substituents is 1. The molecule has 0 aliphatic rings. The van der Waals surface area contributed by atoms with Crippen LogP contribution in [0.15, 0.2) is 82.4 Å². The van der Waals surface area contributed by atoms with Gasteiger partial charge in [0.2, 0.25) is 0 Å². The highest BCUT2D eigenvalue weighted by Gasteiger charge is 2.14. The van der Waals surface area contributed by atoms with E-state index in [4.69, 9.17) is 5.11 Å². The van der Waals surface area contributed by atoms with E-state index < -0.39 is 12.3 Å². The number of hydrogen-bond acceptors (Lipinski definition) is 5. The SMILES string of the molecule is O=C(CO)c1ccc(Cn2c(=O)n(CCc3ccc(O)cc3)c(=O)c3ccccc32)cc1. The molecule has 4 aromatic rings. The Hall–Kier alpha value is -3.97. The van der Waals surface area contributed by atoms with Gasteiger partial charge in [-0.1, -0.05) is 48.5 Å². The summed E-state index contributed by atoms with van der Waals surface area (Å²) >= 11 is 0. The third kappa shape index (κ3) is 4.24. The summed E-state index contributed by atoms with van der Waals surface area (Å²) in [6.07, 6.45) is 0.464. The van der Waals surface area contributed by atoms with E-state index in [9.17, 15) is 19.5 Å². The molecule has 0 fully saturated rings. The Morgan fingerprint density at radius 2 is 1.47 bits per heavy atom. The Bertz CT molecular complexity index is 1380. The number of rotatable bonds is 7. The van der Waals surface area contributed by atoms with Crippen molar-refractivity contribution < 1.29 is 15.0 Å². The van der Waals surface area contributed by atoms with Gasteiger partial charge in [0.15, 0.2) is 5.78 Å². The normalized spacial score (nSPS) is 11.0. The van der Waals surface area contributed by atoms with E-state index >= 15 is 0 Å². The van der Waals surface area contributed by atoms with Gasteiger partial charge in [-0.3, -0.25) is 18.7 Å². The quantitative estimate of drug-likeness (QED) is 0.438. The van der Waals surface area contributed by atoms with Crippen LogP contribution in [0.5, 0.6) is 5.75 Å². The lowest BCUT2D eigenvalue weighted by Crippen LogP contribution is -2.40. The molecule has 0 amide bonds. The fourth-order valence-corrected chi connectivity index (χ4v) is 3.69. The molecule has 1 heterocycles. The number of aliphatic hydroxyl groups is 1. The Morgan fingerprint density at radius 1 is 0.812 bits per heavy atom. The largest absolute Gasteiger partial charge is 0.508 e. The molecule has 7 nitrogen and oxygen atoms in total. The summed E-state index contributed by atoms with van der Waals surface area (Å²) in [5.41, 5.74) is 1.87. The number of carbonyl (C=O) groups is 1. The van der Waals surface area contributed by atoms with Gasteiger partial charge in [0.05, 0.1) is 17.4 Å². The molecule has 0 saturated heterocycles. The lowest BCUT2D eigenvalue weighted by atomic mass is 10.1. The lowest BCUT2D eigenvalue weighted by Gasteiger charge is -2.14. The minimum absolute atomic E-state index is 0.158. The van der Waals surface area contributed by atoms with Gasteiger partial charge in [0.1, 0.15) is 12.4 Å². The van der Waals surface area contributed by atoms with Gasteiger partial charge in [-0.05, 0) is 41.8 Å². The molecule has 4 rings (SSSR count). The third-order valence-corrected chi connectivity index (χ3v) is 5.45. The molecule has 0 radical (unpaired) electrons. The van der Waals surface area contributed by atoms with Crippen molar-refractivity contribution in [3.63, 3.8) is 0 Å². The van der Waals surface area contributed by atoms with E-state index in [-0.39, 0.29) is 30.2 Å². The highest BCUT2D eigenvalue weighted by molar-refractivity contribution is 5.96. The highest BCUT2D eigenvalue weighted by atomic mass is 16.3. The van der Waals surface area contributed by atoms with Crippen LogP contribution in [0.2, 0.25) is 0 Å². The Kier molecular flexibility index (Phi) is 6.00. The maximum absolute atomic E-state index is 13.3.